The van der Waals surface area contributed by atoms with Gasteiger partial charge in [0.1, 0.15) is 12.3 Å². The van der Waals surface area contributed by atoms with Crippen LogP contribution >= 0.6 is 11.6 Å². The molecule has 0 saturated carbocycles. The molecular formula is C24H28ClN3O4. The highest BCUT2D eigenvalue weighted by Gasteiger charge is 2.36. The largest absolute Gasteiger partial charge is 0.496 e. The first-order chi connectivity index (χ1) is 15.5. The van der Waals surface area contributed by atoms with Crippen LogP contribution in [-0.4, -0.2) is 61.4 Å². The number of methoxy groups -OCH3 is 2. The second kappa shape index (κ2) is 11.1. The molecule has 32 heavy (non-hydrogen) atoms. The number of hydrogen-bond donors (Lipinski definition) is 0. The summed E-state index contributed by atoms with van der Waals surface area (Å²) in [6, 6.07) is 14.6. The van der Waals surface area contributed by atoms with Crippen LogP contribution in [0.3, 0.4) is 0 Å². The average molecular weight is 458 g/mol. The zero-order valence-electron chi connectivity index (χ0n) is 18.6. The van der Waals surface area contributed by atoms with Crippen molar-refractivity contribution in [3.63, 3.8) is 0 Å². The van der Waals surface area contributed by atoms with Crippen LogP contribution in [0.4, 0.5) is 0 Å². The molecule has 1 aliphatic rings. The molecule has 0 aliphatic carbocycles. The van der Waals surface area contributed by atoms with Crippen molar-refractivity contribution in [1.29, 1.82) is 0 Å². The Kier molecular flexibility index (Phi) is 8.25. The number of para-hydroxylation sites is 1. The summed E-state index contributed by atoms with van der Waals surface area (Å²) in [5, 5.41) is 6.69. The summed E-state index contributed by atoms with van der Waals surface area (Å²) in [4.78, 5) is 27.3. The number of amides is 2. The van der Waals surface area contributed by atoms with Gasteiger partial charge in [-0.3, -0.25) is 9.59 Å². The van der Waals surface area contributed by atoms with Gasteiger partial charge in [0.2, 0.25) is 5.91 Å². The van der Waals surface area contributed by atoms with E-state index in [4.69, 9.17) is 21.1 Å². The van der Waals surface area contributed by atoms with Crippen molar-refractivity contribution >= 4 is 29.1 Å². The average Bonchev–Trinajstić information content (AvgIpc) is 3.26. The van der Waals surface area contributed by atoms with Gasteiger partial charge >= 0.3 is 0 Å². The van der Waals surface area contributed by atoms with Crippen LogP contribution in [-0.2, 0) is 14.3 Å². The monoisotopic (exact) mass is 457 g/mol. The highest BCUT2D eigenvalue weighted by atomic mass is 35.5. The number of carbonyl (C=O) groups is 2. The van der Waals surface area contributed by atoms with E-state index in [2.05, 4.69) is 5.10 Å². The molecule has 0 N–H and O–H groups in total. The van der Waals surface area contributed by atoms with E-state index in [0.717, 1.165) is 11.1 Å². The Bertz CT molecular complexity index is 995. The van der Waals surface area contributed by atoms with E-state index in [1.807, 2.05) is 42.5 Å². The van der Waals surface area contributed by atoms with Crippen LogP contribution in [0, 0.1) is 0 Å². The van der Waals surface area contributed by atoms with E-state index in [1.165, 1.54) is 9.91 Å². The number of ether oxygens (including phenoxy) is 2. The molecule has 0 saturated heterocycles. The number of hydrazone groups is 1. The second-order valence-electron chi connectivity index (χ2n) is 7.39. The zero-order chi connectivity index (χ0) is 23.1. The molecule has 2 aromatic carbocycles. The van der Waals surface area contributed by atoms with Crippen molar-refractivity contribution in [3.05, 3.63) is 64.7 Å². The number of benzene rings is 2. The van der Waals surface area contributed by atoms with E-state index < -0.39 is 0 Å². The van der Waals surface area contributed by atoms with Crippen molar-refractivity contribution in [1.82, 2.24) is 9.91 Å². The predicted octanol–water partition coefficient (Wildman–Crippen LogP) is 3.91. The Hall–Kier alpha value is -2.90. The Labute approximate surface area is 193 Å². The SMILES string of the molecule is CCC(=O)N(CCOC)CC(=O)N1N=C(c2ccccc2Cl)C[C@@H]1c1ccccc1OC. The maximum atomic E-state index is 13.4. The fourth-order valence-electron chi connectivity index (χ4n) is 3.73. The van der Waals surface area contributed by atoms with Crippen molar-refractivity contribution < 1.29 is 19.1 Å². The van der Waals surface area contributed by atoms with Crippen molar-refractivity contribution in [2.75, 3.05) is 33.9 Å². The number of hydrogen-bond acceptors (Lipinski definition) is 5. The molecular weight excluding hydrogens is 430 g/mol. The zero-order valence-corrected chi connectivity index (χ0v) is 19.3. The fraction of sp³-hybridized carbons (Fsp3) is 0.375. The summed E-state index contributed by atoms with van der Waals surface area (Å²) in [5.74, 6) is 0.284. The standard InChI is InChI=1S/C24H28ClN3O4/c1-4-23(29)27(13-14-31-2)16-24(30)28-21(18-10-6-8-12-22(18)32-3)15-20(26-28)17-9-5-7-11-19(17)25/h5-12,21H,4,13-16H2,1-3H3/t21-/m1/s1. The molecule has 0 aromatic heterocycles. The minimum atomic E-state index is -0.370. The first-order valence-corrected chi connectivity index (χ1v) is 10.9. The molecule has 170 valence electrons. The first kappa shape index (κ1) is 23.8. The van der Waals surface area contributed by atoms with Gasteiger partial charge in [-0.25, -0.2) is 5.01 Å². The highest BCUT2D eigenvalue weighted by Crippen LogP contribution is 2.38. The van der Waals surface area contributed by atoms with E-state index in [1.54, 1.807) is 27.2 Å². The fourth-order valence-corrected chi connectivity index (χ4v) is 3.98. The molecule has 7 nitrogen and oxygen atoms in total. The van der Waals surface area contributed by atoms with Gasteiger partial charge in [0, 0.05) is 42.6 Å². The number of nitrogens with zero attached hydrogens (tertiary/aromatic N) is 3. The summed E-state index contributed by atoms with van der Waals surface area (Å²) < 4.78 is 10.6. The summed E-state index contributed by atoms with van der Waals surface area (Å²) in [7, 11) is 3.16. The second-order valence-corrected chi connectivity index (χ2v) is 7.80. The molecule has 0 bridgehead atoms. The normalized spacial score (nSPS) is 15.4. The number of halogens is 1. The van der Waals surface area contributed by atoms with Crippen LogP contribution in [0.15, 0.2) is 53.6 Å². The molecule has 3 rings (SSSR count). The molecule has 0 spiro atoms. The maximum Gasteiger partial charge on any atom is 0.262 e. The molecule has 1 heterocycles. The van der Waals surface area contributed by atoms with Gasteiger partial charge in [-0.1, -0.05) is 54.9 Å². The third-order valence-electron chi connectivity index (χ3n) is 5.40. The third-order valence-corrected chi connectivity index (χ3v) is 5.72. The van der Waals surface area contributed by atoms with Gasteiger partial charge in [0.15, 0.2) is 0 Å². The highest BCUT2D eigenvalue weighted by molar-refractivity contribution is 6.34. The first-order valence-electron chi connectivity index (χ1n) is 10.5. The summed E-state index contributed by atoms with van der Waals surface area (Å²) in [5.41, 5.74) is 2.34. The molecule has 8 heteroatoms. The lowest BCUT2D eigenvalue weighted by molar-refractivity contribution is -0.141. The van der Waals surface area contributed by atoms with E-state index in [9.17, 15) is 9.59 Å². The lowest BCUT2D eigenvalue weighted by atomic mass is 9.97. The summed E-state index contributed by atoms with van der Waals surface area (Å²) in [6.07, 6.45) is 0.788. The van der Waals surface area contributed by atoms with Crippen molar-refractivity contribution in [2.45, 2.75) is 25.8 Å². The van der Waals surface area contributed by atoms with Gasteiger partial charge in [0.25, 0.3) is 5.91 Å². The van der Waals surface area contributed by atoms with Gasteiger partial charge < -0.3 is 14.4 Å². The minimum absolute atomic E-state index is 0.0824. The van der Waals surface area contributed by atoms with Gasteiger partial charge in [-0.15, -0.1) is 0 Å². The molecule has 1 aliphatic heterocycles. The van der Waals surface area contributed by atoms with Crippen LogP contribution in [0.5, 0.6) is 5.75 Å². The minimum Gasteiger partial charge on any atom is -0.496 e. The lowest BCUT2D eigenvalue weighted by Crippen LogP contribution is -2.42. The number of carbonyl (C=O) groups excluding carboxylic acids is 2. The number of rotatable bonds is 9. The van der Waals surface area contributed by atoms with E-state index in [-0.39, 0.29) is 24.4 Å². The maximum absolute atomic E-state index is 13.4. The van der Waals surface area contributed by atoms with Crippen LogP contribution < -0.4 is 4.74 Å². The van der Waals surface area contributed by atoms with Gasteiger partial charge in [0.05, 0.1) is 25.5 Å². The Morgan fingerprint density at radius 2 is 1.88 bits per heavy atom. The predicted molar refractivity (Wildman–Crippen MR) is 124 cm³/mol. The molecule has 2 amide bonds. The topological polar surface area (TPSA) is 71.4 Å². The van der Waals surface area contributed by atoms with Crippen LogP contribution in [0.1, 0.15) is 36.9 Å². The third kappa shape index (κ3) is 5.29. The van der Waals surface area contributed by atoms with E-state index >= 15 is 0 Å². The Morgan fingerprint density at radius 1 is 1.16 bits per heavy atom. The van der Waals surface area contributed by atoms with Crippen LogP contribution in [0.2, 0.25) is 5.02 Å². The lowest BCUT2D eigenvalue weighted by Gasteiger charge is -2.27. The van der Waals surface area contributed by atoms with Gasteiger partial charge in [-0.05, 0) is 12.1 Å². The summed E-state index contributed by atoms with van der Waals surface area (Å²) in [6.45, 7) is 2.38. The van der Waals surface area contributed by atoms with Crippen LogP contribution in [0.25, 0.3) is 0 Å². The Morgan fingerprint density at radius 3 is 2.56 bits per heavy atom. The molecule has 0 fully saturated rings. The molecule has 1 atom stereocenters. The van der Waals surface area contributed by atoms with Crippen molar-refractivity contribution in [3.8, 4) is 5.75 Å². The van der Waals surface area contributed by atoms with E-state index in [0.29, 0.717) is 42.5 Å². The smallest absolute Gasteiger partial charge is 0.262 e. The molecule has 0 radical (unpaired) electrons. The van der Waals surface area contributed by atoms with Gasteiger partial charge in [-0.2, -0.15) is 5.10 Å². The Balaban J connectivity index is 1.95. The van der Waals surface area contributed by atoms with Crippen molar-refractivity contribution in [2.24, 2.45) is 5.10 Å². The quantitative estimate of drug-likeness (QED) is 0.572. The summed E-state index contributed by atoms with van der Waals surface area (Å²) >= 11 is 6.41. The molecule has 2 aromatic rings. The molecule has 0 unspecified atom stereocenters.